The Labute approximate surface area is 125 Å². The van der Waals surface area contributed by atoms with Crippen molar-refractivity contribution < 1.29 is 19.9 Å². The molecule has 0 radical (unpaired) electrons. The van der Waals surface area contributed by atoms with Crippen molar-refractivity contribution in [1.82, 2.24) is 0 Å². The monoisotopic (exact) mass is 347 g/mol. The van der Waals surface area contributed by atoms with E-state index in [0.717, 1.165) is 0 Å². The maximum absolute atomic E-state index is 11.1. The van der Waals surface area contributed by atoms with Gasteiger partial charge in [0.25, 0.3) is 0 Å². The molecule has 0 bridgehead atoms. The summed E-state index contributed by atoms with van der Waals surface area (Å²) >= 11 is 3.17. The lowest BCUT2D eigenvalue weighted by Crippen LogP contribution is -2.22. The molecule has 1 atom stereocenters. The van der Waals surface area contributed by atoms with E-state index in [-0.39, 0.29) is 18.0 Å². The van der Waals surface area contributed by atoms with Gasteiger partial charge in [0.05, 0.1) is 23.2 Å². The van der Waals surface area contributed by atoms with Gasteiger partial charge in [-0.05, 0) is 26.8 Å². The van der Waals surface area contributed by atoms with Crippen molar-refractivity contribution in [1.29, 1.82) is 0 Å². The molecule has 0 aliphatic heterocycles. The van der Waals surface area contributed by atoms with Crippen LogP contribution in [0.3, 0.4) is 0 Å². The van der Waals surface area contributed by atoms with Gasteiger partial charge in [0.2, 0.25) is 5.75 Å². The fourth-order valence-corrected chi connectivity index (χ4v) is 2.07. The van der Waals surface area contributed by atoms with Crippen LogP contribution < -0.4 is 4.74 Å². The Bertz CT molecular complexity index is 496. The zero-order valence-electron chi connectivity index (χ0n) is 11.6. The van der Waals surface area contributed by atoms with Crippen molar-refractivity contribution in [2.75, 3.05) is 6.61 Å². The summed E-state index contributed by atoms with van der Waals surface area (Å²) in [5, 5.41) is 30.4. The highest BCUT2D eigenvalue weighted by Crippen LogP contribution is 2.38. The van der Waals surface area contributed by atoms with Crippen LogP contribution in [-0.2, 0) is 0 Å². The lowest BCUT2D eigenvalue weighted by Gasteiger charge is -2.19. The van der Waals surface area contributed by atoms with Gasteiger partial charge in [-0.1, -0.05) is 15.9 Å². The number of nitrogens with zero attached hydrogens (tertiary/aromatic N) is 1. The van der Waals surface area contributed by atoms with E-state index in [9.17, 15) is 20.3 Å². The van der Waals surface area contributed by atoms with E-state index in [1.807, 2.05) is 0 Å². The molecule has 0 unspecified atom stereocenters. The first kappa shape index (κ1) is 16.9. The Balaban J connectivity index is 3.10. The molecule has 0 spiro atoms. The summed E-state index contributed by atoms with van der Waals surface area (Å²) in [6, 6.07) is 2.91. The van der Waals surface area contributed by atoms with Gasteiger partial charge in [0.15, 0.2) is 0 Å². The number of aliphatic hydroxyl groups excluding tert-OH is 1. The molecule has 7 heteroatoms. The number of hydrogen-bond donors (Lipinski definition) is 2. The average Bonchev–Trinajstić information content (AvgIpc) is 2.28. The topological polar surface area (TPSA) is 92.8 Å². The molecule has 0 aliphatic carbocycles. The van der Waals surface area contributed by atoms with E-state index in [4.69, 9.17) is 4.74 Å². The molecule has 20 heavy (non-hydrogen) atoms. The predicted octanol–water partition coefficient (Wildman–Crippen LogP) is 2.95. The number of aliphatic hydroxyl groups is 2. The Morgan fingerprint density at radius 1 is 1.50 bits per heavy atom. The van der Waals surface area contributed by atoms with Crippen LogP contribution in [0.15, 0.2) is 16.6 Å². The van der Waals surface area contributed by atoms with Gasteiger partial charge in [-0.3, -0.25) is 10.1 Å². The Hall–Kier alpha value is -1.18. The first-order valence-electron chi connectivity index (χ1n) is 6.13. The molecule has 0 saturated heterocycles. The van der Waals surface area contributed by atoms with Crippen LogP contribution in [0.5, 0.6) is 5.75 Å². The highest BCUT2D eigenvalue weighted by atomic mass is 79.9. The molecule has 0 fully saturated rings. The van der Waals surface area contributed by atoms with Crippen molar-refractivity contribution in [2.45, 2.75) is 38.9 Å². The van der Waals surface area contributed by atoms with Gasteiger partial charge in [0.1, 0.15) is 0 Å². The molecular weight excluding hydrogens is 330 g/mol. The summed E-state index contributed by atoms with van der Waals surface area (Å²) in [4.78, 5) is 10.5. The van der Waals surface area contributed by atoms with Crippen molar-refractivity contribution in [3.8, 4) is 5.75 Å². The minimum atomic E-state index is -0.921. The van der Waals surface area contributed by atoms with Gasteiger partial charge in [0, 0.05) is 22.5 Å². The van der Waals surface area contributed by atoms with Crippen molar-refractivity contribution in [3.05, 3.63) is 32.3 Å². The van der Waals surface area contributed by atoms with Gasteiger partial charge in [-0.2, -0.15) is 0 Å². The molecule has 112 valence electrons. The lowest BCUT2D eigenvalue weighted by molar-refractivity contribution is -0.386. The van der Waals surface area contributed by atoms with Gasteiger partial charge >= 0.3 is 5.69 Å². The standard InChI is InChI=1S/C13H18BrNO5/c1-8(16)10-6-9(14)7-11(15(18)19)12(10)20-5-4-13(2,3)17/h6-8,16-17H,4-5H2,1-3H3/t8-/m0/s1. The molecule has 0 aliphatic rings. The number of nitro groups is 1. The molecule has 0 amide bonds. The molecule has 1 aromatic rings. The highest BCUT2D eigenvalue weighted by molar-refractivity contribution is 9.10. The molecule has 0 heterocycles. The SMILES string of the molecule is C[C@H](O)c1cc(Br)cc([N+](=O)[O-])c1OCCC(C)(C)O. The number of nitro benzene ring substituents is 1. The maximum atomic E-state index is 11.1. The minimum Gasteiger partial charge on any atom is -0.486 e. The zero-order chi connectivity index (χ0) is 15.5. The summed E-state index contributed by atoms with van der Waals surface area (Å²) in [5.74, 6) is 0.0393. The van der Waals surface area contributed by atoms with Crippen LogP contribution in [0.1, 0.15) is 38.9 Å². The zero-order valence-corrected chi connectivity index (χ0v) is 13.2. The summed E-state index contributed by atoms with van der Waals surface area (Å²) < 4.78 is 5.93. The largest absolute Gasteiger partial charge is 0.486 e. The van der Waals surface area contributed by atoms with Crippen LogP contribution in [0.4, 0.5) is 5.69 Å². The molecule has 2 N–H and O–H groups in total. The third-order valence-corrected chi connectivity index (χ3v) is 3.13. The second-order valence-electron chi connectivity index (χ2n) is 5.19. The van der Waals surface area contributed by atoms with E-state index in [0.29, 0.717) is 16.5 Å². The van der Waals surface area contributed by atoms with Gasteiger partial charge in [-0.25, -0.2) is 0 Å². The number of ether oxygens (including phenoxy) is 1. The Morgan fingerprint density at radius 3 is 2.55 bits per heavy atom. The fourth-order valence-electron chi connectivity index (χ4n) is 1.61. The molecule has 6 nitrogen and oxygen atoms in total. The highest BCUT2D eigenvalue weighted by Gasteiger charge is 2.24. The van der Waals surface area contributed by atoms with E-state index >= 15 is 0 Å². The summed E-state index contributed by atoms with van der Waals surface area (Å²) in [5.41, 5.74) is -0.803. The fraction of sp³-hybridized carbons (Fsp3) is 0.538. The third-order valence-electron chi connectivity index (χ3n) is 2.67. The van der Waals surface area contributed by atoms with Crippen LogP contribution in [0, 0.1) is 10.1 Å². The second kappa shape index (κ2) is 6.51. The van der Waals surface area contributed by atoms with E-state index in [1.54, 1.807) is 19.9 Å². The van der Waals surface area contributed by atoms with Crippen LogP contribution in [0.25, 0.3) is 0 Å². The van der Waals surface area contributed by atoms with Crippen LogP contribution in [0.2, 0.25) is 0 Å². The van der Waals surface area contributed by atoms with E-state index in [2.05, 4.69) is 15.9 Å². The van der Waals surface area contributed by atoms with Crippen molar-refractivity contribution in [2.24, 2.45) is 0 Å². The maximum Gasteiger partial charge on any atom is 0.312 e. The summed E-state index contributed by atoms with van der Waals surface area (Å²) in [6.45, 7) is 4.88. The Kier molecular flexibility index (Phi) is 5.50. The van der Waals surface area contributed by atoms with Crippen LogP contribution >= 0.6 is 15.9 Å². The Morgan fingerprint density at radius 2 is 2.10 bits per heavy atom. The molecule has 0 saturated carbocycles. The van der Waals surface area contributed by atoms with Crippen LogP contribution in [-0.4, -0.2) is 27.3 Å². The predicted molar refractivity (Wildman–Crippen MR) is 77.8 cm³/mol. The van der Waals surface area contributed by atoms with Gasteiger partial charge < -0.3 is 14.9 Å². The third kappa shape index (κ3) is 4.73. The number of benzene rings is 1. The van der Waals surface area contributed by atoms with Gasteiger partial charge in [-0.15, -0.1) is 0 Å². The molecule has 1 aromatic carbocycles. The van der Waals surface area contributed by atoms with E-state index < -0.39 is 16.6 Å². The summed E-state index contributed by atoms with van der Waals surface area (Å²) in [6.07, 6.45) is -0.581. The lowest BCUT2D eigenvalue weighted by atomic mass is 10.1. The minimum absolute atomic E-state index is 0.0393. The molecular formula is C13H18BrNO5. The van der Waals surface area contributed by atoms with Crippen molar-refractivity contribution >= 4 is 21.6 Å². The second-order valence-corrected chi connectivity index (χ2v) is 6.10. The smallest absolute Gasteiger partial charge is 0.312 e. The number of rotatable bonds is 6. The molecule has 1 rings (SSSR count). The average molecular weight is 348 g/mol. The quantitative estimate of drug-likeness (QED) is 0.609. The first-order chi connectivity index (χ1) is 9.11. The number of halogens is 1. The van der Waals surface area contributed by atoms with Crippen molar-refractivity contribution in [3.63, 3.8) is 0 Å². The normalized spacial score (nSPS) is 13.1. The number of hydrogen-bond acceptors (Lipinski definition) is 5. The van der Waals surface area contributed by atoms with E-state index in [1.165, 1.54) is 13.0 Å². The first-order valence-corrected chi connectivity index (χ1v) is 6.92. The summed E-state index contributed by atoms with van der Waals surface area (Å²) in [7, 11) is 0. The molecule has 0 aromatic heterocycles.